The fraction of sp³-hybridized carbons (Fsp3) is 0.333. The molecule has 0 bridgehead atoms. The van der Waals surface area contributed by atoms with Gasteiger partial charge in [0.25, 0.3) is 5.91 Å². The van der Waals surface area contributed by atoms with E-state index in [1.165, 1.54) is 23.5 Å². The predicted molar refractivity (Wildman–Crippen MR) is 79.4 cm³/mol. The van der Waals surface area contributed by atoms with Crippen LogP contribution in [0.4, 0.5) is 18.9 Å². The third-order valence-corrected chi connectivity index (χ3v) is 2.76. The Hall–Kier alpha value is -2.51. The molecular formula is C15H15F3N2O3. The first-order valence-corrected chi connectivity index (χ1v) is 6.70. The molecule has 0 spiro atoms. The van der Waals surface area contributed by atoms with Crippen molar-refractivity contribution in [1.82, 2.24) is 5.32 Å². The molecule has 8 heteroatoms. The first-order chi connectivity index (χ1) is 10.4. The van der Waals surface area contributed by atoms with Gasteiger partial charge in [0.15, 0.2) is 0 Å². The SMILES string of the molecule is CC(C)(C)NC(=O)c1cc2ccc(NC(F)(F)F)cc2oc1=O. The van der Waals surface area contributed by atoms with Crippen molar-refractivity contribution < 1.29 is 22.4 Å². The van der Waals surface area contributed by atoms with Crippen molar-refractivity contribution in [3.05, 3.63) is 40.2 Å². The highest BCUT2D eigenvalue weighted by molar-refractivity contribution is 5.97. The van der Waals surface area contributed by atoms with Gasteiger partial charge in [-0.1, -0.05) is 0 Å². The summed E-state index contributed by atoms with van der Waals surface area (Å²) in [7, 11) is 0. The van der Waals surface area contributed by atoms with Gasteiger partial charge in [0, 0.05) is 22.7 Å². The van der Waals surface area contributed by atoms with E-state index in [4.69, 9.17) is 4.42 Å². The van der Waals surface area contributed by atoms with Crippen molar-refractivity contribution in [2.45, 2.75) is 32.6 Å². The number of alkyl halides is 3. The lowest BCUT2D eigenvalue weighted by atomic mass is 10.1. The summed E-state index contributed by atoms with van der Waals surface area (Å²) in [6.45, 7) is 5.26. The molecule has 2 N–H and O–H groups in total. The van der Waals surface area contributed by atoms with Crippen molar-refractivity contribution in [3.8, 4) is 0 Å². The van der Waals surface area contributed by atoms with Gasteiger partial charge in [-0.15, -0.1) is 0 Å². The minimum absolute atomic E-state index is 0.0449. The maximum Gasteiger partial charge on any atom is 0.482 e. The second-order valence-electron chi connectivity index (χ2n) is 6.03. The molecule has 1 aromatic carbocycles. The highest BCUT2D eigenvalue weighted by Gasteiger charge is 2.27. The number of hydrogen-bond acceptors (Lipinski definition) is 4. The Labute approximate surface area is 129 Å². The molecule has 0 radical (unpaired) electrons. The van der Waals surface area contributed by atoms with Crippen LogP contribution in [0.15, 0.2) is 33.5 Å². The van der Waals surface area contributed by atoms with E-state index >= 15 is 0 Å². The molecule has 0 aliphatic heterocycles. The van der Waals surface area contributed by atoms with Crippen LogP contribution in [-0.2, 0) is 0 Å². The number of benzene rings is 1. The van der Waals surface area contributed by atoms with E-state index in [-0.39, 0.29) is 16.8 Å². The molecule has 1 heterocycles. The van der Waals surface area contributed by atoms with Gasteiger partial charge in [-0.05, 0) is 39.0 Å². The maximum atomic E-state index is 12.3. The van der Waals surface area contributed by atoms with Gasteiger partial charge in [-0.3, -0.25) is 10.1 Å². The Morgan fingerprint density at radius 1 is 1.13 bits per heavy atom. The molecule has 2 aromatic rings. The van der Waals surface area contributed by atoms with Crippen LogP contribution in [0.2, 0.25) is 0 Å². The van der Waals surface area contributed by atoms with Crippen LogP contribution in [0.25, 0.3) is 11.0 Å². The zero-order valence-electron chi connectivity index (χ0n) is 12.7. The van der Waals surface area contributed by atoms with E-state index in [1.807, 2.05) is 0 Å². The minimum Gasteiger partial charge on any atom is -0.422 e. The normalized spacial score (nSPS) is 12.3. The number of nitrogens with one attached hydrogen (secondary N) is 2. The van der Waals surface area contributed by atoms with Crippen LogP contribution >= 0.6 is 0 Å². The van der Waals surface area contributed by atoms with E-state index < -0.39 is 23.4 Å². The Morgan fingerprint density at radius 3 is 2.35 bits per heavy atom. The topological polar surface area (TPSA) is 71.3 Å². The third-order valence-electron chi connectivity index (χ3n) is 2.76. The summed E-state index contributed by atoms with van der Waals surface area (Å²) in [4.78, 5) is 23.9. The van der Waals surface area contributed by atoms with Crippen LogP contribution in [0.3, 0.4) is 0 Å². The number of anilines is 1. The van der Waals surface area contributed by atoms with Gasteiger partial charge < -0.3 is 9.73 Å². The summed E-state index contributed by atoms with van der Waals surface area (Å²) < 4.78 is 41.8. The number of halogens is 3. The molecular weight excluding hydrogens is 313 g/mol. The maximum absolute atomic E-state index is 12.3. The predicted octanol–water partition coefficient (Wildman–Crippen LogP) is 3.25. The summed E-state index contributed by atoms with van der Waals surface area (Å²) in [5.74, 6) is -0.606. The lowest BCUT2D eigenvalue weighted by Crippen LogP contribution is -2.42. The molecule has 0 saturated heterocycles. The van der Waals surface area contributed by atoms with E-state index in [9.17, 15) is 22.8 Å². The molecule has 1 amide bonds. The Bertz CT molecular complexity index is 804. The van der Waals surface area contributed by atoms with Crippen LogP contribution in [-0.4, -0.2) is 17.7 Å². The van der Waals surface area contributed by atoms with Crippen LogP contribution < -0.4 is 16.3 Å². The molecule has 0 unspecified atom stereocenters. The lowest BCUT2D eigenvalue weighted by molar-refractivity contribution is -0.0999. The Balaban J connectivity index is 2.41. The number of fused-ring (bicyclic) bond motifs is 1. The Morgan fingerprint density at radius 2 is 1.78 bits per heavy atom. The van der Waals surface area contributed by atoms with Crippen molar-refractivity contribution in [1.29, 1.82) is 0 Å². The lowest BCUT2D eigenvalue weighted by Gasteiger charge is -2.20. The molecule has 0 aliphatic carbocycles. The van der Waals surface area contributed by atoms with Gasteiger partial charge in [0.05, 0.1) is 0 Å². The molecule has 2 rings (SSSR count). The van der Waals surface area contributed by atoms with Gasteiger partial charge in [0.1, 0.15) is 11.1 Å². The van der Waals surface area contributed by atoms with Gasteiger partial charge in [0.2, 0.25) is 0 Å². The molecule has 5 nitrogen and oxygen atoms in total. The quantitative estimate of drug-likeness (QED) is 0.656. The number of carbonyl (C=O) groups is 1. The largest absolute Gasteiger partial charge is 0.482 e. The monoisotopic (exact) mass is 328 g/mol. The fourth-order valence-electron chi connectivity index (χ4n) is 1.92. The molecule has 0 fully saturated rings. The molecule has 0 atom stereocenters. The summed E-state index contributed by atoms with van der Waals surface area (Å²) in [6.07, 6.45) is -4.60. The standard InChI is InChI=1S/C15H15F3N2O3/c1-14(2,3)20-12(21)10-6-8-4-5-9(19-15(16,17)18)7-11(8)23-13(10)22/h4-7,19H,1-3H3,(H,20,21). The average molecular weight is 328 g/mol. The van der Waals surface area contributed by atoms with E-state index in [0.717, 1.165) is 6.07 Å². The molecule has 23 heavy (non-hydrogen) atoms. The third kappa shape index (κ3) is 4.48. The zero-order valence-corrected chi connectivity index (χ0v) is 12.7. The van der Waals surface area contributed by atoms with Gasteiger partial charge >= 0.3 is 11.9 Å². The van der Waals surface area contributed by atoms with Crippen molar-refractivity contribution in [2.24, 2.45) is 0 Å². The highest BCUT2D eigenvalue weighted by atomic mass is 19.4. The summed E-state index contributed by atoms with van der Waals surface area (Å²) in [5.41, 5.74) is -1.97. The summed E-state index contributed by atoms with van der Waals surface area (Å²) in [6, 6.07) is 4.86. The van der Waals surface area contributed by atoms with Crippen molar-refractivity contribution in [2.75, 3.05) is 5.32 Å². The highest BCUT2D eigenvalue weighted by Crippen LogP contribution is 2.24. The van der Waals surface area contributed by atoms with Crippen LogP contribution in [0, 0.1) is 0 Å². The first kappa shape index (κ1) is 16.9. The van der Waals surface area contributed by atoms with E-state index in [1.54, 1.807) is 20.8 Å². The van der Waals surface area contributed by atoms with Crippen LogP contribution in [0.1, 0.15) is 31.1 Å². The number of hydrogen-bond donors (Lipinski definition) is 2. The van der Waals surface area contributed by atoms with Gasteiger partial charge in [-0.25, -0.2) is 4.79 Å². The van der Waals surface area contributed by atoms with Crippen molar-refractivity contribution in [3.63, 3.8) is 0 Å². The Kier molecular flexibility index (Phi) is 4.10. The van der Waals surface area contributed by atoms with Crippen LogP contribution in [0.5, 0.6) is 0 Å². The zero-order chi connectivity index (χ0) is 17.4. The van der Waals surface area contributed by atoms with Gasteiger partial charge in [-0.2, -0.15) is 13.2 Å². The molecule has 0 aliphatic rings. The molecule has 0 saturated carbocycles. The molecule has 1 aromatic heterocycles. The first-order valence-electron chi connectivity index (χ1n) is 6.70. The number of amides is 1. The van der Waals surface area contributed by atoms with E-state index in [2.05, 4.69) is 5.32 Å². The number of rotatable bonds is 2. The number of carbonyl (C=O) groups excluding carboxylic acids is 1. The second kappa shape index (κ2) is 5.60. The fourth-order valence-corrected chi connectivity index (χ4v) is 1.92. The smallest absolute Gasteiger partial charge is 0.422 e. The van der Waals surface area contributed by atoms with E-state index in [0.29, 0.717) is 5.39 Å². The minimum atomic E-state index is -4.60. The second-order valence-corrected chi connectivity index (χ2v) is 6.03. The van der Waals surface area contributed by atoms with Crippen molar-refractivity contribution >= 4 is 22.6 Å². The summed E-state index contributed by atoms with van der Waals surface area (Å²) >= 11 is 0. The molecule has 124 valence electrons. The average Bonchev–Trinajstić information content (AvgIpc) is 2.33. The summed E-state index contributed by atoms with van der Waals surface area (Å²) in [5, 5.41) is 4.29.